The Bertz CT molecular complexity index is 558. The van der Waals surface area contributed by atoms with E-state index in [9.17, 15) is 5.11 Å². The molecule has 1 aromatic carbocycles. The van der Waals surface area contributed by atoms with E-state index in [2.05, 4.69) is 65.1 Å². The van der Waals surface area contributed by atoms with Gasteiger partial charge in [-0.15, -0.1) is 0 Å². The average Bonchev–Trinajstić information content (AvgIpc) is 2.59. The number of ether oxygens (including phenoxy) is 1. The standard InChI is InChI=1S/C22H38O3SSi/c1-17(16-24-27(5,6)22(2,3)4)20-14-18(12-13-23)15-21(25-20)26-19-10-8-7-9-11-19/h7-11,17-18,20-21,23H,12-16H2,1-6H3/t17-,18-,20-,21+/m1/s1. The van der Waals surface area contributed by atoms with Gasteiger partial charge in [-0.3, -0.25) is 0 Å². The summed E-state index contributed by atoms with van der Waals surface area (Å²) in [4.78, 5) is 1.25. The van der Waals surface area contributed by atoms with E-state index in [1.54, 1.807) is 0 Å². The van der Waals surface area contributed by atoms with Gasteiger partial charge < -0.3 is 14.3 Å². The van der Waals surface area contributed by atoms with Crippen molar-refractivity contribution in [3.8, 4) is 0 Å². The van der Waals surface area contributed by atoms with Crippen molar-refractivity contribution in [2.24, 2.45) is 11.8 Å². The summed E-state index contributed by atoms with van der Waals surface area (Å²) in [7, 11) is -1.74. The molecule has 1 saturated heterocycles. The highest BCUT2D eigenvalue weighted by atomic mass is 32.2. The van der Waals surface area contributed by atoms with Crippen LogP contribution in [0, 0.1) is 11.8 Å². The van der Waals surface area contributed by atoms with Crippen molar-refractivity contribution in [1.82, 2.24) is 0 Å². The zero-order chi connectivity index (χ0) is 20.1. The zero-order valence-corrected chi connectivity index (χ0v) is 19.7. The lowest BCUT2D eigenvalue weighted by atomic mass is 9.88. The molecule has 3 nitrogen and oxygen atoms in total. The first-order valence-electron chi connectivity index (χ1n) is 10.2. The Balaban J connectivity index is 1.98. The summed E-state index contributed by atoms with van der Waals surface area (Å²) in [5, 5.41) is 9.68. The van der Waals surface area contributed by atoms with Gasteiger partial charge in [-0.2, -0.15) is 0 Å². The molecule has 5 heteroatoms. The first-order valence-corrected chi connectivity index (χ1v) is 14.0. The van der Waals surface area contributed by atoms with Gasteiger partial charge in [-0.25, -0.2) is 0 Å². The highest BCUT2D eigenvalue weighted by molar-refractivity contribution is 7.99. The maximum absolute atomic E-state index is 9.45. The first kappa shape index (κ1) is 23.0. The van der Waals surface area contributed by atoms with Crippen molar-refractivity contribution in [2.75, 3.05) is 13.2 Å². The second kappa shape index (κ2) is 9.93. The second-order valence-electron chi connectivity index (χ2n) is 9.43. The molecule has 0 amide bonds. The molecule has 1 aromatic rings. The molecule has 1 aliphatic rings. The lowest BCUT2D eigenvalue weighted by Crippen LogP contribution is -2.44. The summed E-state index contributed by atoms with van der Waals surface area (Å²) in [5.74, 6) is 0.879. The topological polar surface area (TPSA) is 38.7 Å². The number of hydrogen-bond acceptors (Lipinski definition) is 4. The number of hydrogen-bond donors (Lipinski definition) is 1. The summed E-state index contributed by atoms with van der Waals surface area (Å²) in [5.41, 5.74) is 0.151. The summed E-state index contributed by atoms with van der Waals surface area (Å²) in [6, 6.07) is 10.5. The lowest BCUT2D eigenvalue weighted by molar-refractivity contribution is -0.0666. The molecule has 1 heterocycles. The minimum atomic E-state index is -1.74. The summed E-state index contributed by atoms with van der Waals surface area (Å²) in [6.45, 7) is 14.7. The van der Waals surface area contributed by atoms with Gasteiger partial charge in [0.15, 0.2) is 8.32 Å². The Morgan fingerprint density at radius 1 is 1.22 bits per heavy atom. The van der Waals surface area contributed by atoms with Gasteiger partial charge in [0, 0.05) is 24.0 Å². The quantitative estimate of drug-likeness (QED) is 0.538. The van der Waals surface area contributed by atoms with Gasteiger partial charge in [-0.1, -0.05) is 57.7 Å². The van der Waals surface area contributed by atoms with Crippen molar-refractivity contribution < 1.29 is 14.3 Å². The van der Waals surface area contributed by atoms with E-state index in [1.165, 1.54) is 4.90 Å². The zero-order valence-electron chi connectivity index (χ0n) is 17.9. The third kappa shape index (κ3) is 6.89. The molecule has 27 heavy (non-hydrogen) atoms. The molecular formula is C22H38O3SSi. The molecule has 0 saturated carbocycles. The maximum Gasteiger partial charge on any atom is 0.191 e. The van der Waals surface area contributed by atoms with Gasteiger partial charge in [0.25, 0.3) is 0 Å². The highest BCUT2D eigenvalue weighted by Gasteiger charge is 2.39. The number of thioether (sulfide) groups is 1. The maximum atomic E-state index is 9.45. The molecule has 2 rings (SSSR count). The minimum Gasteiger partial charge on any atom is -0.416 e. The van der Waals surface area contributed by atoms with Crippen molar-refractivity contribution in [3.63, 3.8) is 0 Å². The fourth-order valence-electron chi connectivity index (χ4n) is 3.18. The van der Waals surface area contributed by atoms with Crippen LogP contribution in [0.2, 0.25) is 18.1 Å². The van der Waals surface area contributed by atoms with Crippen LogP contribution in [0.4, 0.5) is 0 Å². The fourth-order valence-corrected chi connectivity index (χ4v) is 5.48. The molecular weight excluding hydrogens is 372 g/mol. The van der Waals surface area contributed by atoms with Crippen molar-refractivity contribution >= 4 is 20.1 Å². The predicted octanol–water partition coefficient (Wildman–Crippen LogP) is 5.94. The van der Waals surface area contributed by atoms with Crippen LogP contribution < -0.4 is 0 Å². The average molecular weight is 411 g/mol. The predicted molar refractivity (Wildman–Crippen MR) is 118 cm³/mol. The van der Waals surface area contributed by atoms with Crippen LogP contribution in [-0.4, -0.2) is 38.2 Å². The van der Waals surface area contributed by atoms with Crippen LogP contribution in [0.5, 0.6) is 0 Å². The third-order valence-corrected chi connectivity index (χ3v) is 11.7. The smallest absolute Gasteiger partial charge is 0.191 e. The molecule has 0 unspecified atom stereocenters. The van der Waals surface area contributed by atoms with Gasteiger partial charge in [0.1, 0.15) is 5.44 Å². The van der Waals surface area contributed by atoms with E-state index < -0.39 is 8.32 Å². The molecule has 0 radical (unpaired) electrons. The highest BCUT2D eigenvalue weighted by Crippen LogP contribution is 2.40. The number of aliphatic hydroxyl groups is 1. The molecule has 1 fully saturated rings. The molecule has 154 valence electrons. The summed E-state index contributed by atoms with van der Waals surface area (Å²) >= 11 is 1.81. The van der Waals surface area contributed by atoms with Crippen molar-refractivity contribution in [3.05, 3.63) is 30.3 Å². The Hall–Kier alpha value is -0.333. The van der Waals surface area contributed by atoms with Gasteiger partial charge in [-0.05, 0) is 55.4 Å². The van der Waals surface area contributed by atoms with Crippen LogP contribution in [0.3, 0.4) is 0 Å². The van der Waals surface area contributed by atoms with Gasteiger partial charge in [0.2, 0.25) is 0 Å². The molecule has 0 bridgehead atoms. The van der Waals surface area contributed by atoms with E-state index in [4.69, 9.17) is 9.16 Å². The largest absolute Gasteiger partial charge is 0.416 e. The molecule has 4 atom stereocenters. The SMILES string of the molecule is C[C@H](CO[Si](C)(C)C(C)(C)C)[C@H]1C[C@@H](CCO)C[C@H](Sc2ccccc2)O1. The Labute approximate surface area is 171 Å². The first-order chi connectivity index (χ1) is 12.6. The summed E-state index contributed by atoms with van der Waals surface area (Å²) in [6.07, 6.45) is 3.09. The lowest BCUT2D eigenvalue weighted by Gasteiger charge is -2.40. The van der Waals surface area contributed by atoms with Crippen LogP contribution in [-0.2, 0) is 9.16 Å². The monoisotopic (exact) mass is 410 g/mol. The minimum absolute atomic E-state index is 0.151. The number of aliphatic hydroxyl groups excluding tert-OH is 1. The Morgan fingerprint density at radius 3 is 2.48 bits per heavy atom. The van der Waals surface area contributed by atoms with Crippen molar-refractivity contribution in [2.45, 2.75) is 81.5 Å². The Morgan fingerprint density at radius 2 is 1.89 bits per heavy atom. The fraction of sp³-hybridized carbons (Fsp3) is 0.727. The molecule has 0 aromatic heterocycles. The van der Waals surface area contributed by atoms with Gasteiger partial charge >= 0.3 is 0 Å². The third-order valence-electron chi connectivity index (χ3n) is 6.11. The van der Waals surface area contributed by atoms with Crippen LogP contribution in [0.1, 0.15) is 47.0 Å². The Kier molecular flexibility index (Phi) is 8.44. The second-order valence-corrected chi connectivity index (χ2v) is 15.5. The normalized spacial score (nSPS) is 25.4. The van der Waals surface area contributed by atoms with Crippen LogP contribution in [0.15, 0.2) is 35.2 Å². The van der Waals surface area contributed by atoms with E-state index in [1.807, 2.05) is 17.8 Å². The molecule has 0 aliphatic carbocycles. The summed E-state index contributed by atoms with van der Waals surface area (Å²) < 4.78 is 13.0. The van der Waals surface area contributed by atoms with E-state index in [0.717, 1.165) is 25.9 Å². The van der Waals surface area contributed by atoms with E-state index in [-0.39, 0.29) is 23.2 Å². The molecule has 1 N–H and O–H groups in total. The van der Waals surface area contributed by atoms with Crippen LogP contribution >= 0.6 is 11.8 Å². The molecule has 1 aliphatic heterocycles. The van der Waals surface area contributed by atoms with Gasteiger partial charge in [0.05, 0.1) is 6.10 Å². The number of rotatable bonds is 8. The van der Waals surface area contributed by atoms with Crippen molar-refractivity contribution in [1.29, 1.82) is 0 Å². The van der Waals surface area contributed by atoms with E-state index in [0.29, 0.717) is 11.8 Å². The number of benzene rings is 1. The molecule has 0 spiro atoms. The van der Waals surface area contributed by atoms with E-state index >= 15 is 0 Å². The van der Waals surface area contributed by atoms with Crippen LogP contribution in [0.25, 0.3) is 0 Å².